The first kappa shape index (κ1) is 67.7. The number of hydrogen-bond donors (Lipinski definition) is 1. The fourth-order valence-electron chi connectivity index (χ4n) is 7.12. The number of hydrogen-bond acceptors (Lipinski definition) is 7. The average Bonchev–Trinajstić information content (AvgIpc) is 3.35. The number of quaternary nitrogens is 1. The van der Waals surface area contributed by atoms with Crippen molar-refractivity contribution in [3.8, 4) is 0 Å². The summed E-state index contributed by atoms with van der Waals surface area (Å²) in [5, 5.41) is 9.69. The third-order valence-corrected chi connectivity index (χ3v) is 11.5. The fraction of sp³-hybridized carbons (Fsp3) is 0.635. The second-order valence-corrected chi connectivity index (χ2v) is 19.5. The van der Waals surface area contributed by atoms with Crippen LogP contribution in [0.25, 0.3) is 0 Å². The summed E-state index contributed by atoms with van der Waals surface area (Å²) in [6.45, 7) is 4.69. The van der Waals surface area contributed by atoms with Crippen LogP contribution in [0.3, 0.4) is 0 Å². The van der Waals surface area contributed by atoms with Gasteiger partial charge in [-0.1, -0.05) is 200 Å². The normalized spacial score (nSPS) is 13.7. The number of carboxylic acid groups (broad SMARTS) is 1. The van der Waals surface area contributed by atoms with Gasteiger partial charge in [-0.2, -0.15) is 0 Å². The summed E-state index contributed by atoms with van der Waals surface area (Å²) in [5.41, 5.74) is 0. The Labute approximate surface area is 440 Å². The number of ether oxygens (including phenoxy) is 4. The number of likely N-dealkylation sites (N-methyl/N-ethyl adjacent to an activating group) is 1. The van der Waals surface area contributed by atoms with Gasteiger partial charge < -0.3 is 28.5 Å². The van der Waals surface area contributed by atoms with Gasteiger partial charge in [0.25, 0.3) is 6.29 Å². The Morgan fingerprint density at radius 1 is 0.431 bits per heavy atom. The van der Waals surface area contributed by atoms with Crippen LogP contribution in [0.1, 0.15) is 200 Å². The van der Waals surface area contributed by atoms with Crippen molar-refractivity contribution in [1.29, 1.82) is 0 Å². The lowest BCUT2D eigenvalue weighted by Crippen LogP contribution is -2.40. The van der Waals surface area contributed by atoms with Gasteiger partial charge in [0.05, 0.1) is 34.4 Å². The van der Waals surface area contributed by atoms with E-state index in [2.05, 4.69) is 135 Å². The number of carbonyl (C=O) groups is 3. The summed E-state index contributed by atoms with van der Waals surface area (Å²) in [4.78, 5) is 37.4. The molecule has 2 unspecified atom stereocenters. The van der Waals surface area contributed by atoms with Gasteiger partial charge in [0.2, 0.25) is 0 Å². The van der Waals surface area contributed by atoms with Crippen LogP contribution in [-0.4, -0.2) is 87.4 Å². The van der Waals surface area contributed by atoms with Crippen LogP contribution >= 0.6 is 0 Å². The Hall–Kier alpha value is -4.31. The molecule has 408 valence electrons. The summed E-state index contributed by atoms with van der Waals surface area (Å²) in [6.07, 6.45) is 71.2. The second-order valence-electron chi connectivity index (χ2n) is 19.5. The molecule has 0 rings (SSSR count). The second kappa shape index (κ2) is 53.0. The highest BCUT2D eigenvalue weighted by Gasteiger charge is 2.25. The Kier molecular flexibility index (Phi) is 49.8. The van der Waals surface area contributed by atoms with Crippen LogP contribution in [0.4, 0.5) is 0 Å². The highest BCUT2D eigenvalue weighted by Crippen LogP contribution is 2.13. The molecule has 0 saturated carbocycles. The van der Waals surface area contributed by atoms with E-state index in [1.54, 1.807) is 0 Å². The first-order valence-corrected chi connectivity index (χ1v) is 28.2. The molecule has 0 saturated heterocycles. The molecule has 0 aromatic rings. The van der Waals surface area contributed by atoms with Crippen LogP contribution in [0.2, 0.25) is 0 Å². The number of esters is 2. The van der Waals surface area contributed by atoms with Crippen molar-refractivity contribution < 1.29 is 42.9 Å². The topological polar surface area (TPSA) is 108 Å². The molecule has 1 N–H and O–H groups in total. The van der Waals surface area contributed by atoms with Crippen molar-refractivity contribution in [2.24, 2.45) is 0 Å². The molecular formula is C63H104NO8+. The smallest absolute Gasteiger partial charge is 0.361 e. The zero-order valence-electron chi connectivity index (χ0n) is 46.3. The van der Waals surface area contributed by atoms with Crippen molar-refractivity contribution in [2.45, 2.75) is 212 Å². The van der Waals surface area contributed by atoms with E-state index in [0.29, 0.717) is 17.4 Å². The van der Waals surface area contributed by atoms with Gasteiger partial charge in [0, 0.05) is 12.8 Å². The quantitative estimate of drug-likeness (QED) is 0.0211. The lowest BCUT2D eigenvalue weighted by Gasteiger charge is -2.25. The fourth-order valence-corrected chi connectivity index (χ4v) is 7.12. The van der Waals surface area contributed by atoms with Crippen LogP contribution in [0.5, 0.6) is 0 Å². The zero-order valence-corrected chi connectivity index (χ0v) is 46.3. The molecule has 0 aromatic carbocycles. The summed E-state index contributed by atoms with van der Waals surface area (Å²) in [7, 11) is 5.94. The van der Waals surface area contributed by atoms with E-state index in [9.17, 15) is 19.5 Å². The molecular weight excluding hydrogens is 899 g/mol. The van der Waals surface area contributed by atoms with Gasteiger partial charge in [0.15, 0.2) is 6.10 Å². The van der Waals surface area contributed by atoms with Crippen molar-refractivity contribution in [3.05, 3.63) is 122 Å². The highest BCUT2D eigenvalue weighted by molar-refractivity contribution is 5.71. The minimum atomic E-state index is -1.53. The summed E-state index contributed by atoms with van der Waals surface area (Å²) in [6, 6.07) is 0. The molecule has 0 amide bonds. The third kappa shape index (κ3) is 53.5. The number of aliphatic carboxylic acids is 1. The number of carbonyl (C=O) groups excluding carboxylic acids is 2. The van der Waals surface area contributed by atoms with Crippen molar-refractivity contribution >= 4 is 17.9 Å². The first-order valence-electron chi connectivity index (χ1n) is 28.2. The molecule has 0 heterocycles. The standard InChI is InChI=1S/C63H103NO8/c1-6-8-10-12-14-16-18-20-22-24-26-27-28-29-30-31-32-33-34-35-36-38-40-42-44-46-48-50-52-54-61(66)72-59(58-71-63(62(67)68)69-56-55-64(3,4)5)57-70-60(65)53-51-49-47-45-43-41-39-37-25-23-21-19-17-15-13-11-9-7-2/h8,10,14,16-17,19-20,22-23,25-27,29-30,32-33,35-36,40,42,59,63H,6-7,9,11-13,15,18,21,24,28,31,34,37-39,41,43-58H2,1-5H3/p+1/b10-8-,16-14-,19-17-,22-20-,25-23-,27-26-,30-29-,33-32-,36-35-,42-40-. The van der Waals surface area contributed by atoms with E-state index in [1.165, 1.54) is 51.4 Å². The van der Waals surface area contributed by atoms with Gasteiger partial charge in [0.1, 0.15) is 13.2 Å². The molecule has 72 heavy (non-hydrogen) atoms. The van der Waals surface area contributed by atoms with E-state index >= 15 is 0 Å². The molecule has 0 aromatic heterocycles. The minimum Gasteiger partial charge on any atom is -0.477 e. The first-order chi connectivity index (χ1) is 35.1. The molecule has 0 fully saturated rings. The number of rotatable bonds is 50. The Morgan fingerprint density at radius 3 is 1.18 bits per heavy atom. The molecule has 0 aliphatic rings. The molecule has 0 spiro atoms. The number of unbranched alkanes of at least 4 members (excludes halogenated alkanes) is 15. The predicted molar refractivity (Wildman–Crippen MR) is 304 cm³/mol. The Morgan fingerprint density at radius 2 is 0.792 bits per heavy atom. The maximum absolute atomic E-state index is 12.9. The SMILES string of the molecule is CC/C=C\C/C=C\C/C=C\C/C=C\C/C=C\C/C=C\C/C=C\C/C=C\CCCCCCC(=O)OC(COC(=O)CCCCCCCCC/C=C\C/C=C\CCCCCC)COC(OCC[N+](C)(C)C)C(=O)O. The average molecular weight is 1000 g/mol. The van der Waals surface area contributed by atoms with Crippen molar-refractivity contribution in [3.63, 3.8) is 0 Å². The third-order valence-electron chi connectivity index (χ3n) is 11.5. The molecule has 0 radical (unpaired) electrons. The van der Waals surface area contributed by atoms with Crippen LogP contribution < -0.4 is 0 Å². The lowest BCUT2D eigenvalue weighted by molar-refractivity contribution is -0.870. The monoisotopic (exact) mass is 1000 g/mol. The van der Waals surface area contributed by atoms with E-state index in [0.717, 1.165) is 116 Å². The Bertz CT molecular complexity index is 1590. The van der Waals surface area contributed by atoms with E-state index in [1.807, 2.05) is 21.1 Å². The van der Waals surface area contributed by atoms with E-state index in [-0.39, 0.29) is 38.6 Å². The van der Waals surface area contributed by atoms with Crippen LogP contribution in [0.15, 0.2) is 122 Å². The van der Waals surface area contributed by atoms with Gasteiger partial charge in [-0.3, -0.25) is 9.59 Å². The van der Waals surface area contributed by atoms with Gasteiger partial charge >= 0.3 is 17.9 Å². The zero-order chi connectivity index (χ0) is 52.7. The molecule has 0 bridgehead atoms. The molecule has 0 aliphatic carbocycles. The lowest BCUT2D eigenvalue weighted by atomic mass is 10.1. The maximum Gasteiger partial charge on any atom is 0.361 e. The summed E-state index contributed by atoms with van der Waals surface area (Å²) < 4.78 is 22.8. The number of allylic oxidation sites excluding steroid dienone is 20. The van der Waals surface area contributed by atoms with E-state index < -0.39 is 24.3 Å². The number of carboxylic acids is 1. The number of nitrogens with zero attached hydrogens (tertiary/aromatic N) is 1. The van der Waals surface area contributed by atoms with Gasteiger partial charge in [-0.25, -0.2) is 4.79 Å². The summed E-state index contributed by atoms with van der Waals surface area (Å²) >= 11 is 0. The largest absolute Gasteiger partial charge is 0.477 e. The molecule has 2 atom stereocenters. The summed E-state index contributed by atoms with van der Waals surface area (Å²) in [5.74, 6) is -2.07. The minimum absolute atomic E-state index is 0.174. The van der Waals surface area contributed by atoms with Crippen molar-refractivity contribution in [2.75, 3.05) is 47.5 Å². The van der Waals surface area contributed by atoms with E-state index in [4.69, 9.17) is 18.9 Å². The highest BCUT2D eigenvalue weighted by atomic mass is 16.7. The molecule has 9 heteroatoms. The van der Waals surface area contributed by atoms with Gasteiger partial charge in [-0.15, -0.1) is 0 Å². The van der Waals surface area contributed by atoms with Crippen LogP contribution in [-0.2, 0) is 33.3 Å². The van der Waals surface area contributed by atoms with Gasteiger partial charge in [-0.05, 0) is 109 Å². The molecule has 9 nitrogen and oxygen atoms in total. The predicted octanol–water partition coefficient (Wildman–Crippen LogP) is 16.5. The Balaban J connectivity index is 4.38. The molecule has 0 aliphatic heterocycles. The van der Waals surface area contributed by atoms with Crippen LogP contribution in [0, 0.1) is 0 Å². The van der Waals surface area contributed by atoms with Crippen molar-refractivity contribution in [1.82, 2.24) is 0 Å². The maximum atomic E-state index is 12.9.